The molecule has 2 fully saturated rings. The van der Waals surface area contributed by atoms with Crippen LogP contribution in [0.25, 0.3) is 0 Å². The van der Waals surface area contributed by atoms with Crippen molar-refractivity contribution in [2.75, 3.05) is 31.6 Å². The zero-order chi connectivity index (χ0) is 14.7. The maximum atomic E-state index is 5.67. The lowest BCUT2D eigenvalue weighted by Crippen LogP contribution is -2.45. The van der Waals surface area contributed by atoms with Crippen LogP contribution in [0.5, 0.6) is 0 Å². The van der Waals surface area contributed by atoms with Gasteiger partial charge < -0.3 is 14.8 Å². The molecule has 1 aromatic carbocycles. The Morgan fingerprint density at radius 3 is 2.33 bits per heavy atom. The predicted octanol–water partition coefficient (Wildman–Crippen LogP) is 2.85. The molecule has 0 spiro atoms. The van der Waals surface area contributed by atoms with Crippen molar-refractivity contribution in [2.24, 2.45) is 0 Å². The van der Waals surface area contributed by atoms with Gasteiger partial charge in [-0.15, -0.1) is 0 Å². The Balaban J connectivity index is 1.50. The molecule has 0 bridgehead atoms. The Morgan fingerprint density at radius 2 is 1.71 bits per heavy atom. The van der Waals surface area contributed by atoms with Gasteiger partial charge in [-0.3, -0.25) is 4.90 Å². The number of ether oxygens (including phenoxy) is 2. The van der Waals surface area contributed by atoms with Crippen molar-refractivity contribution in [3.63, 3.8) is 0 Å². The standard InChI is InChI=1S/C17H26N2O2/c1-17(2)20-12-16(13-21-17)18-15-7-5-14(6-8-15)11-19-9-3-4-10-19/h5-8,16,18H,3-4,9-13H2,1-2H3. The molecule has 21 heavy (non-hydrogen) atoms. The Morgan fingerprint density at radius 1 is 1.10 bits per heavy atom. The fourth-order valence-corrected chi connectivity index (χ4v) is 2.92. The lowest BCUT2D eigenvalue weighted by atomic mass is 10.1. The third kappa shape index (κ3) is 4.19. The predicted molar refractivity (Wildman–Crippen MR) is 84.3 cm³/mol. The quantitative estimate of drug-likeness (QED) is 0.924. The second-order valence-electron chi connectivity index (χ2n) is 6.54. The van der Waals surface area contributed by atoms with Crippen LogP contribution in [-0.2, 0) is 16.0 Å². The molecule has 1 N–H and O–H groups in total. The van der Waals surface area contributed by atoms with E-state index in [2.05, 4.69) is 34.5 Å². The van der Waals surface area contributed by atoms with Gasteiger partial charge in [0.2, 0.25) is 0 Å². The molecular formula is C17H26N2O2. The summed E-state index contributed by atoms with van der Waals surface area (Å²) in [6, 6.07) is 8.98. The molecule has 1 aromatic rings. The van der Waals surface area contributed by atoms with E-state index in [-0.39, 0.29) is 6.04 Å². The van der Waals surface area contributed by atoms with Gasteiger partial charge in [-0.2, -0.15) is 0 Å². The largest absolute Gasteiger partial charge is 0.378 e. The molecule has 0 aliphatic carbocycles. The van der Waals surface area contributed by atoms with Crippen LogP contribution in [0.1, 0.15) is 32.3 Å². The van der Waals surface area contributed by atoms with Crippen molar-refractivity contribution in [3.05, 3.63) is 29.8 Å². The highest BCUT2D eigenvalue weighted by molar-refractivity contribution is 5.45. The van der Waals surface area contributed by atoms with Crippen molar-refractivity contribution in [3.8, 4) is 0 Å². The van der Waals surface area contributed by atoms with Crippen molar-refractivity contribution in [2.45, 2.75) is 45.1 Å². The van der Waals surface area contributed by atoms with Gasteiger partial charge in [-0.05, 0) is 57.5 Å². The van der Waals surface area contributed by atoms with Crippen LogP contribution in [0.2, 0.25) is 0 Å². The number of rotatable bonds is 4. The van der Waals surface area contributed by atoms with Crippen LogP contribution in [0.3, 0.4) is 0 Å². The minimum atomic E-state index is -0.447. The van der Waals surface area contributed by atoms with Gasteiger partial charge in [0.05, 0.1) is 19.3 Å². The van der Waals surface area contributed by atoms with Crippen LogP contribution in [0, 0.1) is 0 Å². The molecule has 2 saturated heterocycles. The highest BCUT2D eigenvalue weighted by Crippen LogP contribution is 2.20. The van der Waals surface area contributed by atoms with E-state index in [1.54, 1.807) is 0 Å². The van der Waals surface area contributed by atoms with Gasteiger partial charge in [0, 0.05) is 12.2 Å². The second kappa shape index (κ2) is 6.34. The third-order valence-corrected chi connectivity index (χ3v) is 4.19. The number of anilines is 1. The first-order chi connectivity index (χ1) is 10.1. The first kappa shape index (κ1) is 14.8. The lowest BCUT2D eigenvalue weighted by Gasteiger charge is -2.35. The molecule has 2 aliphatic rings. The molecule has 0 aromatic heterocycles. The summed E-state index contributed by atoms with van der Waals surface area (Å²) in [6.07, 6.45) is 2.69. The molecule has 0 radical (unpaired) electrons. The molecule has 0 saturated carbocycles. The van der Waals surface area contributed by atoms with Crippen LogP contribution in [0.4, 0.5) is 5.69 Å². The minimum absolute atomic E-state index is 0.224. The van der Waals surface area contributed by atoms with Crippen LogP contribution in [-0.4, -0.2) is 43.0 Å². The SMILES string of the molecule is CC1(C)OCC(Nc2ccc(CN3CCCC3)cc2)CO1. The van der Waals surface area contributed by atoms with Crippen LogP contribution < -0.4 is 5.32 Å². The summed E-state index contributed by atoms with van der Waals surface area (Å²) in [7, 11) is 0. The summed E-state index contributed by atoms with van der Waals surface area (Å²) >= 11 is 0. The van der Waals surface area contributed by atoms with Crippen molar-refractivity contribution in [1.82, 2.24) is 4.90 Å². The molecule has 116 valence electrons. The molecule has 0 atom stereocenters. The highest BCUT2D eigenvalue weighted by Gasteiger charge is 2.28. The van der Waals surface area contributed by atoms with Gasteiger partial charge in [0.25, 0.3) is 0 Å². The molecule has 2 aliphatic heterocycles. The van der Waals surface area contributed by atoms with E-state index < -0.39 is 5.79 Å². The number of hydrogen-bond donors (Lipinski definition) is 1. The maximum Gasteiger partial charge on any atom is 0.162 e. The summed E-state index contributed by atoms with van der Waals surface area (Å²) in [5.41, 5.74) is 2.52. The number of benzene rings is 1. The molecule has 4 nitrogen and oxygen atoms in total. The second-order valence-corrected chi connectivity index (χ2v) is 6.54. The molecule has 3 rings (SSSR count). The van der Waals surface area contributed by atoms with Crippen molar-refractivity contribution in [1.29, 1.82) is 0 Å². The van der Waals surface area contributed by atoms with Gasteiger partial charge >= 0.3 is 0 Å². The average Bonchev–Trinajstić information content (AvgIpc) is 2.96. The normalized spacial score (nSPS) is 23.3. The van der Waals surface area contributed by atoms with Crippen LogP contribution in [0.15, 0.2) is 24.3 Å². The summed E-state index contributed by atoms with van der Waals surface area (Å²) in [5, 5.41) is 3.48. The van der Waals surface area contributed by atoms with E-state index >= 15 is 0 Å². The first-order valence-electron chi connectivity index (χ1n) is 7.96. The summed E-state index contributed by atoms with van der Waals surface area (Å²) in [6.45, 7) is 8.83. The zero-order valence-electron chi connectivity index (χ0n) is 13.1. The smallest absolute Gasteiger partial charge is 0.162 e. The van der Waals surface area contributed by atoms with E-state index in [1.165, 1.54) is 31.5 Å². The number of hydrogen-bond acceptors (Lipinski definition) is 4. The highest BCUT2D eigenvalue weighted by atomic mass is 16.7. The van der Waals surface area contributed by atoms with Crippen molar-refractivity contribution < 1.29 is 9.47 Å². The number of likely N-dealkylation sites (tertiary alicyclic amines) is 1. The number of nitrogens with zero attached hydrogens (tertiary/aromatic N) is 1. The monoisotopic (exact) mass is 290 g/mol. The zero-order valence-corrected chi connectivity index (χ0v) is 13.1. The lowest BCUT2D eigenvalue weighted by molar-refractivity contribution is -0.247. The Labute approximate surface area is 127 Å². The van der Waals surface area contributed by atoms with E-state index in [4.69, 9.17) is 9.47 Å². The topological polar surface area (TPSA) is 33.7 Å². The number of nitrogens with one attached hydrogen (secondary N) is 1. The fourth-order valence-electron chi connectivity index (χ4n) is 2.92. The van der Waals surface area contributed by atoms with E-state index in [0.29, 0.717) is 13.2 Å². The Hall–Kier alpha value is -1.10. The Kier molecular flexibility index (Phi) is 4.48. The molecule has 2 heterocycles. The summed E-state index contributed by atoms with van der Waals surface area (Å²) in [4.78, 5) is 2.52. The summed E-state index contributed by atoms with van der Waals surface area (Å²) in [5.74, 6) is -0.447. The average molecular weight is 290 g/mol. The van der Waals surface area contributed by atoms with Gasteiger partial charge in [-0.25, -0.2) is 0 Å². The fraction of sp³-hybridized carbons (Fsp3) is 0.647. The molecule has 0 unspecified atom stereocenters. The van der Waals surface area contributed by atoms with Gasteiger partial charge in [-0.1, -0.05) is 12.1 Å². The molecular weight excluding hydrogens is 264 g/mol. The van der Waals surface area contributed by atoms with E-state index in [9.17, 15) is 0 Å². The molecule has 4 heteroatoms. The van der Waals surface area contributed by atoms with Crippen molar-refractivity contribution >= 4 is 5.69 Å². The molecule has 0 amide bonds. The van der Waals surface area contributed by atoms with Gasteiger partial charge in [0.15, 0.2) is 5.79 Å². The van der Waals surface area contributed by atoms with E-state index in [0.717, 1.165) is 12.2 Å². The third-order valence-electron chi connectivity index (χ3n) is 4.19. The first-order valence-corrected chi connectivity index (χ1v) is 7.96. The van der Waals surface area contributed by atoms with Gasteiger partial charge in [0.1, 0.15) is 0 Å². The maximum absolute atomic E-state index is 5.67. The Bertz CT molecular complexity index is 442. The van der Waals surface area contributed by atoms with Crippen LogP contribution >= 0.6 is 0 Å². The summed E-state index contributed by atoms with van der Waals surface area (Å²) < 4.78 is 11.3. The van der Waals surface area contributed by atoms with E-state index in [1.807, 2.05) is 13.8 Å². The minimum Gasteiger partial charge on any atom is -0.378 e.